The lowest BCUT2D eigenvalue weighted by Gasteiger charge is -2.44. The van der Waals surface area contributed by atoms with E-state index in [4.69, 9.17) is 18.6 Å². The van der Waals surface area contributed by atoms with Crippen molar-refractivity contribution < 1.29 is 49.9 Å². The first-order valence-corrected chi connectivity index (χ1v) is 23.6. The molecular formula is C37H51N3O11S3Si. The number of carbonyl (C=O) groups is 3. The van der Waals surface area contributed by atoms with Crippen LogP contribution in [0.4, 0.5) is 0 Å². The van der Waals surface area contributed by atoms with Crippen molar-refractivity contribution in [3.05, 3.63) is 72.3 Å². The number of sulfonamides is 2. The number of ether oxygens (including phenoxy) is 3. The highest BCUT2D eigenvalue weighted by atomic mass is 32.3. The normalized spacial score (nSPS) is 17.7. The Hall–Kier alpha value is -3.49. The van der Waals surface area contributed by atoms with Gasteiger partial charge in [-0.25, -0.2) is 31.1 Å². The van der Waals surface area contributed by atoms with Crippen molar-refractivity contribution in [1.82, 2.24) is 14.3 Å². The summed E-state index contributed by atoms with van der Waals surface area (Å²) in [6.07, 6.45) is -3.77. The molecule has 0 aliphatic carbocycles. The van der Waals surface area contributed by atoms with E-state index in [1.807, 2.05) is 72.3 Å². The number of carbonyl (C=O) groups excluding carboxylic acids is 3. The van der Waals surface area contributed by atoms with Crippen LogP contribution in [0.2, 0.25) is 5.04 Å². The standard InChI is InChI=1S/C37H51N3O11S3Si/c1-9-38-31-24-40(21-16-22-48-8)54(46,47)36-30(31)23-32(52-36)53(44,45)39-33(41)25(2)49-34(42)26(3)50-35(43)27(4)51-55(37(5,6)7,28-17-12-10-13-18-28)29-19-14-11-15-20-29/h10-15,17-20,23,25-27,31,38H,9,16,21-22,24H2,1-8H3,(H,39,41)/t25-,26-,27-,31-/m0/s1. The molecule has 2 aromatic carbocycles. The van der Waals surface area contributed by atoms with Crippen LogP contribution in [0, 0.1) is 0 Å². The molecule has 1 aliphatic rings. The molecule has 0 saturated carbocycles. The van der Waals surface area contributed by atoms with Crippen LogP contribution in [0.5, 0.6) is 0 Å². The number of nitrogens with one attached hydrogen (secondary N) is 2. The molecule has 0 saturated heterocycles. The molecule has 18 heteroatoms. The molecule has 1 aromatic heterocycles. The van der Waals surface area contributed by atoms with Crippen LogP contribution in [0.3, 0.4) is 0 Å². The van der Waals surface area contributed by atoms with Crippen LogP contribution in [0.15, 0.2) is 75.1 Å². The van der Waals surface area contributed by atoms with Crippen LogP contribution in [-0.4, -0.2) is 99.0 Å². The van der Waals surface area contributed by atoms with E-state index < -0.39 is 79.8 Å². The molecule has 2 N–H and O–H groups in total. The lowest BCUT2D eigenvalue weighted by atomic mass is 10.1. The minimum atomic E-state index is -4.59. The number of methoxy groups -OCH3 is 1. The number of amides is 1. The summed E-state index contributed by atoms with van der Waals surface area (Å²) in [5, 5.41) is 4.64. The number of benzene rings is 2. The average molecular weight is 838 g/mol. The number of fused-ring (bicyclic) bond motifs is 1. The van der Waals surface area contributed by atoms with Gasteiger partial charge >= 0.3 is 11.9 Å². The molecule has 0 spiro atoms. The van der Waals surface area contributed by atoms with E-state index in [1.165, 1.54) is 24.4 Å². The summed E-state index contributed by atoms with van der Waals surface area (Å²) in [5.74, 6) is -3.11. The van der Waals surface area contributed by atoms with Gasteiger partial charge in [-0.15, -0.1) is 11.3 Å². The highest BCUT2D eigenvalue weighted by Gasteiger charge is 2.52. The Balaban J connectivity index is 1.44. The number of rotatable bonds is 17. The van der Waals surface area contributed by atoms with E-state index in [0.717, 1.165) is 17.3 Å². The van der Waals surface area contributed by atoms with Gasteiger partial charge in [0.25, 0.3) is 34.3 Å². The van der Waals surface area contributed by atoms with Crippen molar-refractivity contribution in [1.29, 1.82) is 0 Å². The number of esters is 2. The maximum Gasteiger partial charge on any atom is 0.347 e. The van der Waals surface area contributed by atoms with E-state index >= 15 is 0 Å². The van der Waals surface area contributed by atoms with Crippen LogP contribution in [0.1, 0.15) is 66.5 Å². The lowest BCUT2D eigenvalue weighted by molar-refractivity contribution is -0.174. The van der Waals surface area contributed by atoms with Gasteiger partial charge in [-0.05, 0) is 55.2 Å². The topological polar surface area (TPSA) is 184 Å². The quantitative estimate of drug-likeness (QED) is 0.115. The van der Waals surface area contributed by atoms with Gasteiger partial charge in [0.15, 0.2) is 12.2 Å². The van der Waals surface area contributed by atoms with Crippen molar-refractivity contribution >= 4 is 67.9 Å². The second kappa shape index (κ2) is 18.2. The van der Waals surface area contributed by atoms with Gasteiger partial charge in [0.05, 0.1) is 0 Å². The second-order valence-corrected chi connectivity index (χ2v) is 23.5. The Bertz CT molecular complexity index is 1980. The third-order valence-corrected chi connectivity index (χ3v) is 19.6. The van der Waals surface area contributed by atoms with Crippen molar-refractivity contribution in [3.63, 3.8) is 0 Å². The van der Waals surface area contributed by atoms with Crippen molar-refractivity contribution in [2.24, 2.45) is 0 Å². The molecule has 4 atom stereocenters. The molecule has 302 valence electrons. The number of likely N-dealkylation sites (N-methyl/N-ethyl adjacent to an activating group) is 1. The molecule has 0 bridgehead atoms. The minimum absolute atomic E-state index is 0.0928. The maximum absolute atomic E-state index is 13.5. The average Bonchev–Trinajstić information content (AvgIpc) is 3.61. The largest absolute Gasteiger partial charge is 0.450 e. The molecule has 1 amide bonds. The third-order valence-electron chi connectivity index (χ3n) is 9.13. The molecule has 3 aromatic rings. The minimum Gasteiger partial charge on any atom is -0.450 e. The Morgan fingerprint density at radius 2 is 1.47 bits per heavy atom. The molecule has 1 aliphatic heterocycles. The smallest absolute Gasteiger partial charge is 0.347 e. The summed E-state index contributed by atoms with van der Waals surface area (Å²) in [5.41, 5.74) is 0.283. The molecule has 0 fully saturated rings. The zero-order valence-electron chi connectivity index (χ0n) is 32.4. The van der Waals surface area contributed by atoms with Gasteiger partial charge in [-0.3, -0.25) is 4.79 Å². The maximum atomic E-state index is 13.5. The number of hydrogen-bond acceptors (Lipinski definition) is 13. The summed E-state index contributed by atoms with van der Waals surface area (Å²) in [6.45, 7) is 13.1. The fraction of sp³-hybridized carbons (Fsp3) is 0.486. The van der Waals surface area contributed by atoms with Gasteiger partial charge in [-0.1, -0.05) is 88.4 Å². The Labute approximate surface area is 329 Å². The zero-order chi connectivity index (χ0) is 40.8. The summed E-state index contributed by atoms with van der Waals surface area (Å²) < 4.78 is 78.8. The fourth-order valence-corrected chi connectivity index (χ4v) is 16.0. The SMILES string of the molecule is CCN[C@H]1CN(CCCOC)S(=O)(=O)c2sc(S(=O)(=O)NC(=O)[C@H](C)OC(=O)[C@H](C)OC(=O)[C@H](C)O[Si](c3ccccc3)(c3ccccc3)C(C)(C)C)cc21. The van der Waals surface area contributed by atoms with Crippen molar-refractivity contribution in [2.75, 3.05) is 33.4 Å². The molecule has 0 unspecified atom stereocenters. The Kier molecular flexibility index (Phi) is 14.6. The van der Waals surface area contributed by atoms with Crippen molar-refractivity contribution in [2.45, 2.75) is 92.7 Å². The lowest BCUT2D eigenvalue weighted by Crippen LogP contribution is -2.68. The fourth-order valence-electron chi connectivity index (χ4n) is 6.39. The van der Waals surface area contributed by atoms with Gasteiger partial charge in [-0.2, -0.15) is 4.31 Å². The first kappa shape index (κ1) is 44.2. The van der Waals surface area contributed by atoms with Crippen molar-refractivity contribution in [3.8, 4) is 0 Å². The zero-order valence-corrected chi connectivity index (χ0v) is 35.8. The third kappa shape index (κ3) is 9.91. The van der Waals surface area contributed by atoms with E-state index in [9.17, 15) is 31.2 Å². The number of hydrogen-bond donors (Lipinski definition) is 2. The van der Waals surface area contributed by atoms with E-state index in [1.54, 1.807) is 6.92 Å². The summed E-state index contributed by atoms with van der Waals surface area (Å²) in [6, 6.07) is 20.1. The second-order valence-electron chi connectivity index (χ2n) is 14.2. The Morgan fingerprint density at radius 3 is 2.00 bits per heavy atom. The molecular weight excluding hydrogens is 787 g/mol. The predicted molar refractivity (Wildman–Crippen MR) is 211 cm³/mol. The van der Waals surface area contributed by atoms with Crippen LogP contribution >= 0.6 is 11.3 Å². The van der Waals surface area contributed by atoms with Gasteiger partial charge in [0.2, 0.25) is 0 Å². The molecule has 0 radical (unpaired) electrons. The summed E-state index contributed by atoms with van der Waals surface area (Å²) in [7, 11) is -10.2. The van der Waals surface area contributed by atoms with Gasteiger partial charge in [0, 0.05) is 38.4 Å². The summed E-state index contributed by atoms with van der Waals surface area (Å²) in [4.78, 5) is 39.5. The predicted octanol–water partition coefficient (Wildman–Crippen LogP) is 3.07. The summed E-state index contributed by atoms with van der Waals surface area (Å²) >= 11 is 0.528. The van der Waals surface area contributed by atoms with Gasteiger partial charge in [0.1, 0.15) is 14.5 Å². The monoisotopic (exact) mass is 837 g/mol. The Morgan fingerprint density at radius 1 is 0.927 bits per heavy atom. The van der Waals surface area contributed by atoms with E-state index in [0.29, 0.717) is 30.9 Å². The molecule has 4 rings (SSSR count). The number of nitrogens with zero attached hydrogens (tertiary/aromatic N) is 1. The molecule has 14 nitrogen and oxygen atoms in total. The molecule has 2 heterocycles. The van der Waals surface area contributed by atoms with E-state index in [-0.39, 0.29) is 22.9 Å². The highest BCUT2D eigenvalue weighted by Crippen LogP contribution is 2.40. The first-order chi connectivity index (χ1) is 25.8. The first-order valence-electron chi connectivity index (χ1n) is 17.9. The number of thiophene rings is 1. The van der Waals surface area contributed by atoms with Crippen LogP contribution in [-0.2, 0) is 53.1 Å². The molecule has 55 heavy (non-hydrogen) atoms. The van der Waals surface area contributed by atoms with E-state index in [2.05, 4.69) is 26.1 Å². The van der Waals surface area contributed by atoms with Crippen LogP contribution < -0.4 is 20.4 Å². The van der Waals surface area contributed by atoms with Gasteiger partial charge < -0.3 is 24.0 Å². The van der Waals surface area contributed by atoms with Crippen LogP contribution in [0.25, 0.3) is 0 Å². The highest BCUT2D eigenvalue weighted by molar-refractivity contribution is 7.94.